The highest BCUT2D eigenvalue weighted by atomic mass is 32.2. The van der Waals surface area contributed by atoms with Crippen molar-refractivity contribution >= 4 is 38.8 Å². The fraction of sp³-hybridized carbons (Fsp3) is 0.171. The average molecular weight is 602 g/mol. The summed E-state index contributed by atoms with van der Waals surface area (Å²) >= 11 is 0. The summed E-state index contributed by atoms with van der Waals surface area (Å²) in [5.41, 5.74) is 7.07. The van der Waals surface area contributed by atoms with Gasteiger partial charge in [0, 0.05) is 5.56 Å². The van der Waals surface area contributed by atoms with E-state index < -0.39 is 9.84 Å². The average Bonchev–Trinajstić information content (AvgIpc) is 3.36. The van der Waals surface area contributed by atoms with Crippen molar-refractivity contribution < 1.29 is 13.2 Å². The van der Waals surface area contributed by atoms with Crippen molar-refractivity contribution in [1.29, 1.82) is 0 Å². The third-order valence-corrected chi connectivity index (χ3v) is 10.1. The summed E-state index contributed by atoms with van der Waals surface area (Å²) in [6.45, 7) is 8.12. The summed E-state index contributed by atoms with van der Waals surface area (Å²) in [5, 5.41) is 7.85. The fourth-order valence-corrected chi connectivity index (χ4v) is 7.18. The topological polar surface area (TPSA) is 96.7 Å². The number of aliphatic imine (C=N–C) groups is 1. The number of para-hydroxylation sites is 2. The third-order valence-electron chi connectivity index (χ3n) is 8.31. The maximum Gasteiger partial charge on any atom is 0.291 e. The van der Waals surface area contributed by atoms with Gasteiger partial charge in [0.05, 0.1) is 38.6 Å². The van der Waals surface area contributed by atoms with Crippen molar-refractivity contribution in [3.05, 3.63) is 125 Å². The minimum absolute atomic E-state index is 0.189. The number of nitrogens with one attached hydrogen (secondary N) is 1. The first-order chi connectivity index (χ1) is 21.1. The van der Waals surface area contributed by atoms with E-state index in [0.717, 1.165) is 39.3 Å². The van der Waals surface area contributed by atoms with Gasteiger partial charge < -0.3 is 10.2 Å². The van der Waals surface area contributed by atoms with E-state index in [2.05, 4.69) is 43.4 Å². The third kappa shape index (κ3) is 4.43. The summed E-state index contributed by atoms with van der Waals surface area (Å²) < 4.78 is 28.5. The first-order valence-electron chi connectivity index (χ1n) is 14.5. The van der Waals surface area contributed by atoms with E-state index in [4.69, 9.17) is 10.1 Å². The van der Waals surface area contributed by atoms with Gasteiger partial charge in [-0.2, -0.15) is 5.10 Å². The van der Waals surface area contributed by atoms with Crippen LogP contribution in [0, 0.1) is 13.8 Å². The fourth-order valence-electron chi connectivity index (χ4n) is 5.92. The number of hydrogen-bond donors (Lipinski definition) is 1. The van der Waals surface area contributed by atoms with Crippen LogP contribution in [0.1, 0.15) is 53.8 Å². The van der Waals surface area contributed by atoms with Crippen molar-refractivity contribution in [2.45, 2.75) is 49.4 Å². The predicted molar refractivity (Wildman–Crippen MR) is 172 cm³/mol. The van der Waals surface area contributed by atoms with Gasteiger partial charge in [0.2, 0.25) is 15.7 Å². The van der Waals surface area contributed by atoms with Gasteiger partial charge in [-0.15, -0.1) is 0 Å². The molecule has 0 saturated carbocycles. The number of carbonyl (C=O) groups is 1. The number of hydrogen-bond acceptors (Lipinski definition) is 6. The van der Waals surface area contributed by atoms with Crippen LogP contribution in [-0.2, 0) is 14.6 Å². The zero-order valence-corrected chi connectivity index (χ0v) is 25.6. The molecule has 0 saturated heterocycles. The molecule has 0 aliphatic carbocycles. The molecule has 2 aliphatic rings. The van der Waals surface area contributed by atoms with E-state index >= 15 is 0 Å². The molecule has 7 rings (SSSR count). The van der Waals surface area contributed by atoms with Crippen LogP contribution in [0.3, 0.4) is 0 Å². The van der Waals surface area contributed by atoms with Crippen LogP contribution in [0.25, 0.3) is 5.69 Å². The van der Waals surface area contributed by atoms with Crippen LogP contribution in [0.4, 0.5) is 17.2 Å². The highest BCUT2D eigenvalue weighted by Crippen LogP contribution is 2.47. The molecular formula is C35H31N5O3S. The smallest absolute Gasteiger partial charge is 0.291 e. The second kappa shape index (κ2) is 10.3. The van der Waals surface area contributed by atoms with Gasteiger partial charge >= 0.3 is 0 Å². The normalized spacial score (nSPS) is 15.8. The van der Waals surface area contributed by atoms with Crippen molar-refractivity contribution in [1.82, 2.24) is 9.78 Å². The van der Waals surface area contributed by atoms with Gasteiger partial charge in [-0.25, -0.2) is 18.1 Å². The standard InChI is InChI=1S/C35H31N5O3S/c1-21(2)24-13-17-27(18-14-24)44(42,43)28-19-15-26(16-20-28)40-33-31(23(4)38-40)32(25-11-9-22(3)10-12-25)39-30-8-6-5-7-29(30)36-35(41)34(39)37-33/h5-21,32H,1-4H3,(H,36,41)/t32-/m0/s1. The van der Waals surface area contributed by atoms with E-state index in [9.17, 15) is 13.2 Å². The quantitative estimate of drug-likeness (QED) is 0.233. The van der Waals surface area contributed by atoms with Crippen LogP contribution in [-0.4, -0.2) is 29.9 Å². The molecule has 0 radical (unpaired) electrons. The summed E-state index contributed by atoms with van der Waals surface area (Å²) in [6.07, 6.45) is 0. The zero-order valence-electron chi connectivity index (χ0n) is 24.8. The Morgan fingerprint density at radius 2 is 1.45 bits per heavy atom. The van der Waals surface area contributed by atoms with Crippen LogP contribution in [0.2, 0.25) is 0 Å². The van der Waals surface area contributed by atoms with Crippen LogP contribution >= 0.6 is 0 Å². The minimum atomic E-state index is -3.71. The molecule has 3 heterocycles. The number of rotatable bonds is 5. The van der Waals surface area contributed by atoms with Crippen LogP contribution in [0.5, 0.6) is 0 Å². The number of carbonyl (C=O) groups excluding carboxylic acids is 1. The van der Waals surface area contributed by atoms with Crippen LogP contribution in [0.15, 0.2) is 112 Å². The van der Waals surface area contributed by atoms with Gasteiger partial charge in [-0.3, -0.25) is 4.79 Å². The Kier molecular flexibility index (Phi) is 6.51. The molecular weight excluding hydrogens is 570 g/mol. The lowest BCUT2D eigenvalue weighted by atomic mass is 9.92. The van der Waals surface area contributed by atoms with Crippen molar-refractivity contribution in [2.75, 3.05) is 10.2 Å². The number of nitrogens with zero attached hydrogens (tertiary/aromatic N) is 4. The molecule has 1 aromatic heterocycles. The van der Waals surface area contributed by atoms with E-state index in [1.165, 1.54) is 0 Å². The number of benzene rings is 4. The molecule has 1 N–H and O–H groups in total. The Morgan fingerprint density at radius 1 is 0.818 bits per heavy atom. The monoisotopic (exact) mass is 601 g/mol. The molecule has 220 valence electrons. The largest absolute Gasteiger partial charge is 0.317 e. The van der Waals surface area contributed by atoms with E-state index in [1.807, 2.05) is 55.1 Å². The lowest BCUT2D eigenvalue weighted by Crippen LogP contribution is -2.48. The Balaban J connectivity index is 1.34. The molecule has 9 heteroatoms. The Hall–Kier alpha value is -5.02. The van der Waals surface area contributed by atoms with Gasteiger partial charge in [-0.05, 0) is 79.4 Å². The first-order valence-corrected chi connectivity index (χ1v) is 16.0. The minimum Gasteiger partial charge on any atom is -0.317 e. The number of amidine groups is 1. The maximum atomic E-state index is 13.5. The highest BCUT2D eigenvalue weighted by molar-refractivity contribution is 7.91. The zero-order chi connectivity index (χ0) is 30.7. The van der Waals surface area contributed by atoms with Crippen molar-refractivity contribution in [3.63, 3.8) is 0 Å². The number of aromatic nitrogens is 2. The molecule has 4 aromatic carbocycles. The van der Waals surface area contributed by atoms with Crippen LogP contribution < -0.4 is 10.2 Å². The van der Waals surface area contributed by atoms with E-state index in [-0.39, 0.29) is 27.6 Å². The molecule has 1 amide bonds. The van der Waals surface area contributed by atoms with Crippen molar-refractivity contribution in [2.24, 2.45) is 4.99 Å². The molecule has 0 unspecified atom stereocenters. The highest BCUT2D eigenvalue weighted by Gasteiger charge is 2.42. The number of anilines is 2. The number of aryl methyl sites for hydroxylation is 2. The molecule has 2 aliphatic heterocycles. The van der Waals surface area contributed by atoms with Gasteiger partial charge in [0.25, 0.3) is 5.91 Å². The maximum absolute atomic E-state index is 13.5. The molecule has 8 nitrogen and oxygen atoms in total. The summed E-state index contributed by atoms with van der Waals surface area (Å²) in [7, 11) is -3.71. The molecule has 0 bridgehead atoms. The number of fused-ring (bicyclic) bond motifs is 4. The predicted octanol–water partition coefficient (Wildman–Crippen LogP) is 7.04. The lowest BCUT2D eigenvalue weighted by molar-refractivity contribution is -0.110. The summed E-state index contributed by atoms with van der Waals surface area (Å²) in [6, 6.07) is 29.3. The Morgan fingerprint density at radius 3 is 2.11 bits per heavy atom. The molecule has 0 spiro atoms. The second-order valence-corrected chi connectivity index (χ2v) is 13.5. The summed E-state index contributed by atoms with van der Waals surface area (Å²) in [4.78, 5) is 20.8. The van der Waals surface area contributed by atoms with Gasteiger partial charge in [0.1, 0.15) is 0 Å². The Labute approximate surface area is 256 Å². The van der Waals surface area contributed by atoms with Gasteiger partial charge in [-0.1, -0.05) is 67.9 Å². The number of sulfone groups is 1. The SMILES string of the molecule is Cc1ccc([C@H]2c3c(C)nn(-c4ccc(S(=O)(=O)c5ccc(C(C)C)cc5)cc4)c3N=C3C(=O)Nc4ccccc4N32)cc1. The lowest BCUT2D eigenvalue weighted by Gasteiger charge is -2.40. The first kappa shape index (κ1) is 27.8. The summed E-state index contributed by atoms with van der Waals surface area (Å²) in [5.74, 6) is 0.813. The number of amides is 1. The molecule has 5 aromatic rings. The van der Waals surface area contributed by atoms with E-state index in [0.29, 0.717) is 17.4 Å². The van der Waals surface area contributed by atoms with Gasteiger partial charge in [0.15, 0.2) is 5.82 Å². The molecule has 44 heavy (non-hydrogen) atoms. The Bertz CT molecular complexity index is 2060. The second-order valence-electron chi connectivity index (χ2n) is 11.5. The molecule has 1 atom stereocenters. The van der Waals surface area contributed by atoms with E-state index in [1.54, 1.807) is 41.1 Å². The van der Waals surface area contributed by atoms with Crippen molar-refractivity contribution in [3.8, 4) is 5.69 Å². The molecule has 0 fully saturated rings.